The van der Waals surface area contributed by atoms with E-state index in [0.29, 0.717) is 25.2 Å². The lowest BCUT2D eigenvalue weighted by Crippen LogP contribution is -2.46. The van der Waals surface area contributed by atoms with Crippen molar-refractivity contribution in [2.75, 3.05) is 19.7 Å². The van der Waals surface area contributed by atoms with Crippen LogP contribution in [0.25, 0.3) is 33.1 Å². The molecule has 0 aliphatic carbocycles. The highest BCUT2D eigenvalue weighted by molar-refractivity contribution is 5.98. The number of nitriles is 1. The lowest BCUT2D eigenvalue weighted by molar-refractivity contribution is -0.132. The number of hydrogen-bond donors (Lipinski definition) is 2. The van der Waals surface area contributed by atoms with Gasteiger partial charge in [0.25, 0.3) is 5.91 Å². The fourth-order valence-electron chi connectivity index (χ4n) is 4.68. The number of aryl methyl sites for hydroxylation is 2. The van der Waals surface area contributed by atoms with Gasteiger partial charge in [-0.1, -0.05) is 18.2 Å². The number of oxazole rings is 1. The number of ether oxygens (including phenoxy) is 1. The maximum atomic E-state index is 12.7. The molecule has 2 N–H and O–H groups in total. The molecule has 1 saturated heterocycles. The molecule has 0 spiro atoms. The Morgan fingerprint density at radius 1 is 1.29 bits per heavy atom. The van der Waals surface area contributed by atoms with Gasteiger partial charge in [0, 0.05) is 50.8 Å². The zero-order chi connectivity index (χ0) is 24.5. The third-order valence-electron chi connectivity index (χ3n) is 6.56. The van der Waals surface area contributed by atoms with Gasteiger partial charge in [0.1, 0.15) is 12.1 Å². The summed E-state index contributed by atoms with van der Waals surface area (Å²) in [5.74, 6) is -0.669. The summed E-state index contributed by atoms with van der Waals surface area (Å²) in [6.07, 6.45) is 2.61. The fourth-order valence-corrected chi connectivity index (χ4v) is 4.68. The normalized spacial score (nSPS) is 17.2. The summed E-state index contributed by atoms with van der Waals surface area (Å²) < 4.78 is 14.4. The van der Waals surface area contributed by atoms with Gasteiger partial charge in [-0.25, -0.2) is 4.79 Å². The van der Waals surface area contributed by atoms with Gasteiger partial charge in [0.05, 0.1) is 17.1 Å². The van der Waals surface area contributed by atoms with E-state index in [0.717, 1.165) is 46.1 Å². The average molecular weight is 474 g/mol. The first-order chi connectivity index (χ1) is 17.0. The number of nitrogens with one attached hydrogen (secondary N) is 2. The smallest absolute Gasteiger partial charge is 0.408 e. The number of fused-ring (bicyclic) bond motifs is 2. The Hall–Kier alpha value is -3.87. The summed E-state index contributed by atoms with van der Waals surface area (Å²) in [7, 11) is 3.66. The first-order valence-electron chi connectivity index (χ1n) is 11.7. The van der Waals surface area contributed by atoms with Crippen LogP contribution in [-0.2, 0) is 30.0 Å². The number of hydrogen-bond acceptors (Lipinski definition) is 6. The first-order valence-corrected chi connectivity index (χ1v) is 11.7. The predicted molar refractivity (Wildman–Crippen MR) is 132 cm³/mol. The van der Waals surface area contributed by atoms with Crippen molar-refractivity contribution in [3.63, 3.8) is 0 Å². The molecule has 4 aromatic rings. The maximum Gasteiger partial charge on any atom is 0.419 e. The molecule has 9 nitrogen and oxygen atoms in total. The predicted octanol–water partition coefficient (Wildman–Crippen LogP) is 2.22. The van der Waals surface area contributed by atoms with E-state index in [1.54, 1.807) is 13.1 Å². The van der Waals surface area contributed by atoms with Crippen molar-refractivity contribution in [3.8, 4) is 17.2 Å². The number of aromatic nitrogens is 2. The van der Waals surface area contributed by atoms with Crippen LogP contribution in [0.4, 0.5) is 0 Å². The Bertz CT molecular complexity index is 1500. The van der Waals surface area contributed by atoms with Crippen LogP contribution >= 0.6 is 0 Å². The Morgan fingerprint density at radius 3 is 2.97 bits per heavy atom. The molecule has 35 heavy (non-hydrogen) atoms. The number of nitrogens with zero attached hydrogens (tertiary/aromatic N) is 3. The van der Waals surface area contributed by atoms with E-state index in [1.807, 2.05) is 48.1 Å². The van der Waals surface area contributed by atoms with Crippen molar-refractivity contribution >= 4 is 27.9 Å². The molecule has 0 unspecified atom stereocenters. The molecule has 1 fully saturated rings. The highest BCUT2D eigenvalue weighted by atomic mass is 16.5. The Morgan fingerprint density at radius 2 is 2.14 bits per heavy atom. The number of rotatable bonds is 5. The number of carbonyl (C=O) groups is 1. The van der Waals surface area contributed by atoms with Crippen LogP contribution in [0.3, 0.4) is 0 Å². The van der Waals surface area contributed by atoms with Gasteiger partial charge in [0.2, 0.25) is 0 Å². The second-order valence-electron chi connectivity index (χ2n) is 8.88. The highest BCUT2D eigenvalue weighted by Crippen LogP contribution is 2.33. The monoisotopic (exact) mass is 473 g/mol. The van der Waals surface area contributed by atoms with Crippen molar-refractivity contribution in [1.82, 2.24) is 19.8 Å². The molecule has 2 aromatic heterocycles. The Labute approximate surface area is 201 Å². The van der Waals surface area contributed by atoms with Crippen molar-refractivity contribution in [2.24, 2.45) is 14.1 Å². The molecule has 1 amide bonds. The zero-order valence-corrected chi connectivity index (χ0v) is 19.7. The molecule has 0 bridgehead atoms. The minimum atomic E-state index is -0.680. The van der Waals surface area contributed by atoms with Crippen LogP contribution < -0.4 is 16.4 Å². The molecule has 2 aromatic carbocycles. The Kier molecular flexibility index (Phi) is 6.16. The minimum absolute atomic E-state index is 0.272. The van der Waals surface area contributed by atoms with E-state index >= 15 is 0 Å². The minimum Gasteiger partial charge on any atom is -0.408 e. The summed E-state index contributed by atoms with van der Waals surface area (Å²) in [5.41, 5.74) is 5.20. The summed E-state index contributed by atoms with van der Waals surface area (Å²) in [6, 6.07) is 13.3. The number of benzene rings is 2. The molecule has 180 valence electrons. The van der Waals surface area contributed by atoms with E-state index < -0.39 is 17.9 Å². The van der Waals surface area contributed by atoms with E-state index in [2.05, 4.69) is 16.7 Å². The second kappa shape index (κ2) is 9.41. The van der Waals surface area contributed by atoms with E-state index in [-0.39, 0.29) is 5.91 Å². The molecule has 5 rings (SSSR count). The topological polar surface area (TPSA) is 114 Å². The van der Waals surface area contributed by atoms with E-state index in [4.69, 9.17) is 9.15 Å². The van der Waals surface area contributed by atoms with Crippen LogP contribution in [-0.4, -0.2) is 46.9 Å². The van der Waals surface area contributed by atoms with Crippen LogP contribution in [0, 0.1) is 11.3 Å². The number of amides is 1. The van der Waals surface area contributed by atoms with Gasteiger partial charge in [0.15, 0.2) is 5.58 Å². The molecule has 0 saturated carbocycles. The quantitative estimate of drug-likeness (QED) is 0.459. The lowest BCUT2D eigenvalue weighted by Gasteiger charge is -2.18. The van der Waals surface area contributed by atoms with E-state index in [1.165, 1.54) is 4.57 Å². The molecule has 1 aliphatic rings. The van der Waals surface area contributed by atoms with Crippen LogP contribution in [0.1, 0.15) is 12.0 Å². The molecule has 3 heterocycles. The molecule has 2 atom stereocenters. The average Bonchev–Trinajstić information content (AvgIpc) is 3.23. The van der Waals surface area contributed by atoms with Gasteiger partial charge >= 0.3 is 5.76 Å². The van der Waals surface area contributed by atoms with Crippen molar-refractivity contribution in [1.29, 1.82) is 5.26 Å². The van der Waals surface area contributed by atoms with Gasteiger partial charge in [-0.05, 0) is 42.3 Å². The SMILES string of the molecule is Cn1ccc2c(C[C@@H](C#N)NC(=O)[C@@H]3CNCCCO3)ccc(-c3ccc4oc(=O)n(C)c4c3)c21. The molecular weight excluding hydrogens is 446 g/mol. The molecule has 9 heteroatoms. The van der Waals surface area contributed by atoms with Crippen molar-refractivity contribution in [2.45, 2.75) is 25.0 Å². The zero-order valence-electron chi connectivity index (χ0n) is 19.7. The first kappa shape index (κ1) is 22.9. The molecular formula is C26H27N5O4. The van der Waals surface area contributed by atoms with E-state index in [9.17, 15) is 14.9 Å². The summed E-state index contributed by atoms with van der Waals surface area (Å²) >= 11 is 0. The standard InChI is InChI=1S/C26H27N5O4/c1-30-10-8-20-16(12-18(14-27)29-25(32)23-15-28-9-3-11-34-23)4-6-19(24(20)30)17-5-7-22-21(13-17)31(2)26(33)35-22/h4-8,10,13,18,23,28H,3,9,11-12,15H2,1-2H3,(H,29,32)/t18-,23-/m0/s1. The molecule has 0 radical (unpaired) electrons. The third kappa shape index (κ3) is 4.34. The van der Waals surface area contributed by atoms with Gasteiger partial charge in [-0.15, -0.1) is 0 Å². The third-order valence-corrected chi connectivity index (χ3v) is 6.56. The largest absolute Gasteiger partial charge is 0.419 e. The van der Waals surface area contributed by atoms with Crippen molar-refractivity contribution in [3.05, 3.63) is 58.7 Å². The van der Waals surface area contributed by atoms with Gasteiger partial charge in [-0.2, -0.15) is 5.26 Å². The van der Waals surface area contributed by atoms with Gasteiger partial charge < -0.3 is 24.4 Å². The fraction of sp³-hybridized carbons (Fsp3) is 0.346. The van der Waals surface area contributed by atoms with Gasteiger partial charge in [-0.3, -0.25) is 9.36 Å². The summed E-state index contributed by atoms with van der Waals surface area (Å²) in [6.45, 7) is 1.77. The maximum absolute atomic E-state index is 12.7. The lowest BCUT2D eigenvalue weighted by atomic mass is 9.96. The van der Waals surface area contributed by atoms with Crippen LogP contribution in [0.2, 0.25) is 0 Å². The van der Waals surface area contributed by atoms with Crippen LogP contribution in [0.5, 0.6) is 0 Å². The Balaban J connectivity index is 1.45. The second-order valence-corrected chi connectivity index (χ2v) is 8.88. The summed E-state index contributed by atoms with van der Waals surface area (Å²) in [4.78, 5) is 24.6. The van der Waals surface area contributed by atoms with Crippen molar-refractivity contribution < 1.29 is 13.9 Å². The number of carbonyl (C=O) groups excluding carboxylic acids is 1. The summed E-state index contributed by atoms with van der Waals surface area (Å²) in [5, 5.41) is 16.8. The van der Waals surface area contributed by atoms with Crippen LogP contribution in [0.15, 0.2) is 51.8 Å². The highest BCUT2D eigenvalue weighted by Gasteiger charge is 2.24. The molecule has 1 aliphatic heterocycles.